The first-order chi connectivity index (χ1) is 10.2. The van der Waals surface area contributed by atoms with Gasteiger partial charge in [0.15, 0.2) is 0 Å². The molecule has 1 saturated heterocycles. The number of likely N-dealkylation sites (tertiary alicyclic amines) is 1. The first-order valence-electron chi connectivity index (χ1n) is 6.65. The van der Waals surface area contributed by atoms with Gasteiger partial charge in [0.05, 0.1) is 21.1 Å². The number of carbonyl (C=O) groups is 2. The van der Waals surface area contributed by atoms with Crippen LogP contribution in [0, 0.1) is 11.2 Å². The molecule has 0 saturated carbocycles. The van der Waals surface area contributed by atoms with E-state index in [1.54, 1.807) is 6.92 Å². The molecule has 8 heteroatoms. The van der Waals surface area contributed by atoms with E-state index in [2.05, 4.69) is 5.32 Å². The van der Waals surface area contributed by atoms with Gasteiger partial charge in [-0.3, -0.25) is 9.00 Å². The summed E-state index contributed by atoms with van der Waals surface area (Å²) in [6.45, 7) is 2.02. The Morgan fingerprint density at radius 3 is 2.64 bits per heavy atom. The second-order valence-electron chi connectivity index (χ2n) is 5.57. The van der Waals surface area contributed by atoms with Crippen molar-refractivity contribution in [3.8, 4) is 0 Å². The van der Waals surface area contributed by atoms with E-state index in [9.17, 15) is 18.2 Å². The summed E-state index contributed by atoms with van der Waals surface area (Å²) in [6.07, 6.45) is 1.74. The zero-order chi connectivity index (χ0) is 16.5. The number of nitrogens with one attached hydrogen (secondary N) is 1. The maximum atomic E-state index is 13.7. The largest absolute Gasteiger partial charge is 0.481 e. The Bertz CT molecular complexity index is 652. The maximum Gasteiger partial charge on any atom is 0.321 e. The van der Waals surface area contributed by atoms with Crippen LogP contribution in [0.2, 0.25) is 0 Å². The van der Waals surface area contributed by atoms with Crippen molar-refractivity contribution in [2.24, 2.45) is 5.41 Å². The number of amides is 2. The quantitative estimate of drug-likeness (QED) is 0.887. The fraction of sp³-hybridized carbons (Fsp3) is 0.429. The van der Waals surface area contributed by atoms with E-state index in [1.807, 2.05) is 0 Å². The molecule has 0 aliphatic carbocycles. The van der Waals surface area contributed by atoms with Crippen LogP contribution in [-0.4, -0.2) is 45.6 Å². The van der Waals surface area contributed by atoms with E-state index in [-0.39, 0.29) is 17.1 Å². The molecule has 0 bridgehead atoms. The summed E-state index contributed by atoms with van der Waals surface area (Å²) in [5.41, 5.74) is -0.716. The van der Waals surface area contributed by atoms with Crippen molar-refractivity contribution in [2.45, 2.75) is 18.2 Å². The zero-order valence-corrected chi connectivity index (χ0v) is 13.1. The molecule has 1 aromatic rings. The Kier molecular flexibility index (Phi) is 4.50. The lowest BCUT2D eigenvalue weighted by Crippen LogP contribution is -2.37. The van der Waals surface area contributed by atoms with Crippen LogP contribution < -0.4 is 5.32 Å². The van der Waals surface area contributed by atoms with E-state index in [0.717, 1.165) is 6.07 Å². The van der Waals surface area contributed by atoms with Crippen LogP contribution in [0.1, 0.15) is 13.3 Å². The highest BCUT2D eigenvalue weighted by Crippen LogP contribution is 2.30. The minimum atomic E-state index is -1.44. The SMILES string of the molecule is CS(=O)c1ccc(NC(=O)N2CCC(C)(C(=O)O)C2)cc1F. The smallest absolute Gasteiger partial charge is 0.321 e. The molecule has 1 aliphatic heterocycles. The van der Waals surface area contributed by atoms with Crippen LogP contribution in [0.15, 0.2) is 23.1 Å². The Hall–Kier alpha value is -1.96. The predicted molar refractivity (Wildman–Crippen MR) is 79.7 cm³/mol. The topological polar surface area (TPSA) is 86.7 Å². The third kappa shape index (κ3) is 3.27. The number of nitrogens with zero attached hydrogens (tertiary/aromatic N) is 1. The number of halogens is 1. The molecule has 1 aromatic carbocycles. The van der Waals surface area contributed by atoms with Crippen molar-refractivity contribution in [1.82, 2.24) is 4.90 Å². The number of anilines is 1. The normalized spacial score (nSPS) is 22.4. The summed E-state index contributed by atoms with van der Waals surface area (Å²) in [5, 5.41) is 11.7. The predicted octanol–water partition coefficient (Wildman–Crippen LogP) is 1.89. The highest BCUT2D eigenvalue weighted by molar-refractivity contribution is 7.84. The van der Waals surface area contributed by atoms with Crippen LogP contribution in [0.4, 0.5) is 14.9 Å². The molecule has 2 rings (SSSR count). The molecule has 0 radical (unpaired) electrons. The van der Waals surface area contributed by atoms with Crippen molar-refractivity contribution >= 4 is 28.5 Å². The minimum absolute atomic E-state index is 0.0672. The average molecular weight is 328 g/mol. The molecule has 1 aliphatic rings. The van der Waals surface area contributed by atoms with Crippen molar-refractivity contribution in [2.75, 3.05) is 24.7 Å². The van der Waals surface area contributed by atoms with Gasteiger partial charge in [-0.2, -0.15) is 0 Å². The third-order valence-electron chi connectivity index (χ3n) is 3.77. The van der Waals surface area contributed by atoms with Gasteiger partial charge in [-0.15, -0.1) is 0 Å². The number of aliphatic carboxylic acids is 1. The van der Waals surface area contributed by atoms with Crippen LogP contribution in [0.5, 0.6) is 0 Å². The lowest BCUT2D eigenvalue weighted by atomic mass is 9.90. The summed E-state index contributed by atoms with van der Waals surface area (Å²) < 4.78 is 25.0. The summed E-state index contributed by atoms with van der Waals surface area (Å²) in [5.74, 6) is -1.60. The first-order valence-corrected chi connectivity index (χ1v) is 8.21. The van der Waals surface area contributed by atoms with Gasteiger partial charge in [-0.25, -0.2) is 9.18 Å². The van der Waals surface area contributed by atoms with Crippen LogP contribution in [0.25, 0.3) is 0 Å². The highest BCUT2D eigenvalue weighted by Gasteiger charge is 2.42. The number of carbonyl (C=O) groups excluding carboxylic acids is 1. The van der Waals surface area contributed by atoms with Gasteiger partial charge < -0.3 is 15.3 Å². The molecule has 2 atom stereocenters. The third-order valence-corrected chi connectivity index (χ3v) is 4.72. The summed E-state index contributed by atoms with van der Waals surface area (Å²) in [7, 11) is -1.44. The second kappa shape index (κ2) is 6.04. The van der Waals surface area contributed by atoms with Crippen LogP contribution in [-0.2, 0) is 15.6 Å². The maximum absolute atomic E-state index is 13.7. The lowest BCUT2D eigenvalue weighted by molar-refractivity contribution is -0.146. The minimum Gasteiger partial charge on any atom is -0.481 e. The molecular weight excluding hydrogens is 311 g/mol. The average Bonchev–Trinajstić information content (AvgIpc) is 2.82. The Labute approximate surface area is 129 Å². The number of hydrogen-bond donors (Lipinski definition) is 2. The molecule has 22 heavy (non-hydrogen) atoms. The molecule has 2 amide bonds. The van der Waals surface area contributed by atoms with Gasteiger partial charge >= 0.3 is 12.0 Å². The van der Waals surface area contributed by atoms with Crippen LogP contribution >= 0.6 is 0 Å². The summed E-state index contributed by atoms with van der Waals surface area (Å²) >= 11 is 0. The molecule has 1 heterocycles. The van der Waals surface area contributed by atoms with Gasteiger partial charge in [0.1, 0.15) is 5.82 Å². The van der Waals surface area contributed by atoms with Gasteiger partial charge in [0.25, 0.3) is 0 Å². The zero-order valence-electron chi connectivity index (χ0n) is 12.3. The molecule has 120 valence electrons. The first kappa shape index (κ1) is 16.4. The fourth-order valence-electron chi connectivity index (χ4n) is 2.32. The monoisotopic (exact) mass is 328 g/mol. The number of urea groups is 1. The summed E-state index contributed by atoms with van der Waals surface area (Å²) in [4.78, 5) is 24.7. The molecule has 2 unspecified atom stereocenters. The lowest BCUT2D eigenvalue weighted by Gasteiger charge is -2.20. The Morgan fingerprint density at radius 2 is 2.14 bits per heavy atom. The highest BCUT2D eigenvalue weighted by atomic mass is 32.2. The van der Waals surface area contributed by atoms with Gasteiger partial charge in [-0.05, 0) is 31.5 Å². The molecule has 0 aromatic heterocycles. The Balaban J connectivity index is 2.06. The van der Waals surface area contributed by atoms with Crippen molar-refractivity contribution in [3.05, 3.63) is 24.0 Å². The number of carboxylic acid groups (broad SMARTS) is 1. The van der Waals surface area contributed by atoms with E-state index in [4.69, 9.17) is 5.11 Å². The van der Waals surface area contributed by atoms with Gasteiger partial charge in [-0.1, -0.05) is 0 Å². The van der Waals surface area contributed by atoms with Crippen LogP contribution in [0.3, 0.4) is 0 Å². The molecule has 0 spiro atoms. The van der Waals surface area contributed by atoms with E-state index < -0.39 is 34.0 Å². The van der Waals surface area contributed by atoms with Crippen molar-refractivity contribution in [3.63, 3.8) is 0 Å². The van der Waals surface area contributed by atoms with E-state index >= 15 is 0 Å². The molecule has 1 fully saturated rings. The second-order valence-corrected chi connectivity index (χ2v) is 6.91. The fourth-order valence-corrected chi connectivity index (χ4v) is 2.92. The standard InChI is InChI=1S/C14H17FN2O4S/c1-14(12(18)19)5-6-17(8-14)13(20)16-9-3-4-11(22(2)21)10(15)7-9/h3-4,7H,5-6,8H2,1-2H3,(H,16,20)(H,18,19). The van der Waals surface area contributed by atoms with E-state index in [0.29, 0.717) is 13.0 Å². The molecular formula is C14H17FN2O4S. The molecule has 2 N–H and O–H groups in total. The number of carboxylic acids is 1. The van der Waals surface area contributed by atoms with Gasteiger partial charge in [0.2, 0.25) is 0 Å². The molecule has 6 nitrogen and oxygen atoms in total. The van der Waals surface area contributed by atoms with Crippen molar-refractivity contribution < 1.29 is 23.3 Å². The Morgan fingerprint density at radius 1 is 1.45 bits per heavy atom. The number of hydrogen-bond acceptors (Lipinski definition) is 3. The van der Waals surface area contributed by atoms with Crippen molar-refractivity contribution in [1.29, 1.82) is 0 Å². The number of benzene rings is 1. The van der Waals surface area contributed by atoms with Gasteiger partial charge in [0, 0.05) is 25.0 Å². The van der Waals surface area contributed by atoms with E-state index in [1.165, 1.54) is 23.3 Å². The number of rotatable bonds is 3. The summed E-state index contributed by atoms with van der Waals surface area (Å²) in [6, 6.07) is 3.44.